The largest absolute Gasteiger partial charge is 0.494 e. The third-order valence-electron chi connectivity index (χ3n) is 2.40. The van der Waals surface area contributed by atoms with E-state index in [-0.39, 0.29) is 0 Å². The number of nitrogens with zero attached hydrogens (tertiary/aromatic N) is 4. The molecule has 0 amide bonds. The van der Waals surface area contributed by atoms with Gasteiger partial charge >= 0.3 is 0 Å². The molecule has 2 aromatic rings. The van der Waals surface area contributed by atoms with Crippen LogP contribution in [0.15, 0.2) is 40.8 Å². The van der Waals surface area contributed by atoms with Crippen molar-refractivity contribution in [1.29, 1.82) is 0 Å². The molecule has 1 heterocycles. The van der Waals surface area contributed by atoms with Gasteiger partial charge in [0.05, 0.1) is 7.11 Å². The number of hydrogen-bond donors (Lipinski definition) is 0. The summed E-state index contributed by atoms with van der Waals surface area (Å²) in [6.45, 7) is 3.98. The van der Waals surface area contributed by atoms with Crippen LogP contribution in [-0.4, -0.2) is 17.1 Å². The predicted octanol–water partition coefficient (Wildman–Crippen LogP) is 3.52. The fourth-order valence-electron chi connectivity index (χ4n) is 1.71. The van der Waals surface area contributed by atoms with E-state index >= 15 is 0 Å². The zero-order valence-corrected chi connectivity index (χ0v) is 10.6. The van der Waals surface area contributed by atoms with E-state index in [0.29, 0.717) is 11.6 Å². The second-order valence-electron chi connectivity index (χ2n) is 3.88. The molecule has 0 N–H and O–H groups in total. The van der Waals surface area contributed by atoms with Gasteiger partial charge in [-0.1, -0.05) is 6.07 Å². The van der Waals surface area contributed by atoms with Crippen molar-refractivity contribution in [2.45, 2.75) is 13.8 Å². The van der Waals surface area contributed by atoms with Gasteiger partial charge in [0, 0.05) is 12.4 Å². The van der Waals surface area contributed by atoms with E-state index in [9.17, 15) is 0 Å². The van der Waals surface area contributed by atoms with E-state index < -0.39 is 0 Å². The van der Waals surface area contributed by atoms with Crippen molar-refractivity contribution < 1.29 is 4.74 Å². The van der Waals surface area contributed by atoms with Gasteiger partial charge in [-0.2, -0.15) is 0 Å². The molecule has 0 aliphatic rings. The number of aromatic nitrogens is 2. The molecule has 18 heavy (non-hydrogen) atoms. The van der Waals surface area contributed by atoms with Crippen LogP contribution < -0.4 is 4.74 Å². The van der Waals surface area contributed by atoms with E-state index in [0.717, 1.165) is 16.9 Å². The molecule has 0 bridgehead atoms. The number of benzene rings is 1. The van der Waals surface area contributed by atoms with Crippen molar-refractivity contribution in [3.63, 3.8) is 0 Å². The lowest BCUT2D eigenvalue weighted by Crippen LogP contribution is -1.88. The molecule has 1 aromatic heterocycles. The topological polar surface area (TPSA) is 59.7 Å². The minimum Gasteiger partial charge on any atom is -0.494 e. The molecule has 0 atom stereocenters. The van der Waals surface area contributed by atoms with Crippen LogP contribution in [0.4, 0.5) is 11.6 Å². The normalized spacial score (nSPS) is 10.8. The molecule has 92 valence electrons. The highest BCUT2D eigenvalue weighted by atomic mass is 16.5. The highest BCUT2D eigenvalue weighted by Gasteiger charge is 2.06. The molecular weight excluding hydrogens is 228 g/mol. The lowest BCUT2D eigenvalue weighted by Gasteiger charge is -2.08. The van der Waals surface area contributed by atoms with E-state index in [1.54, 1.807) is 25.6 Å². The van der Waals surface area contributed by atoms with Gasteiger partial charge in [0.25, 0.3) is 5.95 Å². The summed E-state index contributed by atoms with van der Waals surface area (Å²) in [5.74, 6) is 1.05. The average molecular weight is 242 g/mol. The molecule has 0 saturated carbocycles. The molecule has 5 heteroatoms. The van der Waals surface area contributed by atoms with Crippen molar-refractivity contribution >= 4 is 11.6 Å². The fourth-order valence-corrected chi connectivity index (χ4v) is 1.71. The van der Waals surface area contributed by atoms with E-state index in [4.69, 9.17) is 4.74 Å². The smallest absolute Gasteiger partial charge is 0.268 e. The third kappa shape index (κ3) is 2.68. The van der Waals surface area contributed by atoms with E-state index in [1.807, 2.05) is 26.0 Å². The molecule has 0 spiro atoms. The minimum atomic E-state index is 0.332. The Morgan fingerprint density at radius 2 is 1.78 bits per heavy atom. The number of azo groups is 1. The van der Waals surface area contributed by atoms with Gasteiger partial charge < -0.3 is 4.74 Å². The van der Waals surface area contributed by atoms with Crippen LogP contribution in [0.25, 0.3) is 0 Å². The molecule has 0 fully saturated rings. The van der Waals surface area contributed by atoms with Gasteiger partial charge in [0.15, 0.2) is 0 Å². The number of hydrogen-bond acceptors (Lipinski definition) is 5. The predicted molar refractivity (Wildman–Crippen MR) is 68.7 cm³/mol. The first-order chi connectivity index (χ1) is 8.70. The van der Waals surface area contributed by atoms with Crippen molar-refractivity contribution in [2.24, 2.45) is 10.2 Å². The van der Waals surface area contributed by atoms with Crippen molar-refractivity contribution in [2.75, 3.05) is 7.11 Å². The first kappa shape index (κ1) is 12.2. The number of methoxy groups -OCH3 is 1. The summed E-state index contributed by atoms with van der Waals surface area (Å²) in [5, 5.41) is 8.13. The quantitative estimate of drug-likeness (QED) is 0.774. The first-order valence-electron chi connectivity index (χ1n) is 5.54. The van der Waals surface area contributed by atoms with Gasteiger partial charge in [0.2, 0.25) is 0 Å². The van der Waals surface area contributed by atoms with Crippen LogP contribution >= 0.6 is 0 Å². The van der Waals surface area contributed by atoms with E-state index in [2.05, 4.69) is 20.2 Å². The van der Waals surface area contributed by atoms with Crippen LogP contribution in [0.3, 0.4) is 0 Å². The molecule has 0 aliphatic heterocycles. The maximum atomic E-state index is 5.32. The second-order valence-corrected chi connectivity index (χ2v) is 3.88. The van der Waals surface area contributed by atoms with Gasteiger partial charge in [-0.15, -0.1) is 10.2 Å². The summed E-state index contributed by atoms with van der Waals surface area (Å²) >= 11 is 0. The zero-order valence-electron chi connectivity index (χ0n) is 10.6. The maximum Gasteiger partial charge on any atom is 0.268 e. The molecule has 0 radical (unpaired) electrons. The molecule has 5 nitrogen and oxygen atoms in total. The van der Waals surface area contributed by atoms with Crippen LogP contribution in [0.1, 0.15) is 11.1 Å². The van der Waals surface area contributed by atoms with Crippen molar-refractivity contribution in [1.82, 2.24) is 9.97 Å². The fraction of sp³-hybridized carbons (Fsp3) is 0.231. The Hall–Kier alpha value is -2.30. The number of rotatable bonds is 3. The Labute approximate surface area is 106 Å². The summed E-state index contributed by atoms with van der Waals surface area (Å²) in [7, 11) is 1.62. The average Bonchev–Trinajstić information content (AvgIpc) is 2.37. The Morgan fingerprint density at radius 1 is 1.06 bits per heavy atom. The Morgan fingerprint density at radius 3 is 2.44 bits per heavy atom. The molecule has 0 saturated heterocycles. The Bertz CT molecular complexity index is 567. The summed E-state index contributed by atoms with van der Waals surface area (Å²) in [4.78, 5) is 7.96. The van der Waals surface area contributed by atoms with E-state index in [1.165, 1.54) is 0 Å². The lowest BCUT2D eigenvalue weighted by molar-refractivity contribution is 0.412. The van der Waals surface area contributed by atoms with Gasteiger partial charge in [0.1, 0.15) is 11.4 Å². The summed E-state index contributed by atoms with van der Waals surface area (Å²) in [6.07, 6.45) is 3.25. The Kier molecular flexibility index (Phi) is 3.62. The first-order valence-corrected chi connectivity index (χ1v) is 5.54. The molecule has 1 aromatic carbocycles. The monoisotopic (exact) mass is 242 g/mol. The number of ether oxygens (including phenoxy) is 1. The third-order valence-corrected chi connectivity index (χ3v) is 2.40. The minimum absolute atomic E-state index is 0.332. The van der Waals surface area contributed by atoms with Gasteiger partial charge in [-0.25, -0.2) is 9.97 Å². The van der Waals surface area contributed by atoms with Gasteiger partial charge in [-0.05, 0) is 37.1 Å². The van der Waals surface area contributed by atoms with Crippen LogP contribution in [-0.2, 0) is 0 Å². The van der Waals surface area contributed by atoms with Crippen LogP contribution in [0.5, 0.6) is 5.75 Å². The SMILES string of the molecule is COc1c(C)cc(C)cc1N=Nc1ncccn1. The van der Waals surface area contributed by atoms with Crippen LogP contribution in [0, 0.1) is 13.8 Å². The maximum absolute atomic E-state index is 5.32. The summed E-state index contributed by atoms with van der Waals surface area (Å²) < 4.78 is 5.32. The molecule has 0 unspecified atom stereocenters. The molecular formula is C13H14N4O. The highest BCUT2D eigenvalue weighted by molar-refractivity contribution is 5.57. The summed E-state index contributed by atoms with van der Waals surface area (Å²) in [5.41, 5.74) is 2.82. The Balaban J connectivity index is 2.37. The zero-order chi connectivity index (χ0) is 13.0. The summed E-state index contributed by atoms with van der Waals surface area (Å²) in [6, 6.07) is 5.69. The highest BCUT2D eigenvalue weighted by Crippen LogP contribution is 2.33. The standard InChI is InChI=1S/C13H14N4O/c1-9-7-10(2)12(18-3)11(8-9)16-17-13-14-5-4-6-15-13/h4-8H,1-3H3. The number of aryl methyl sites for hydroxylation is 2. The molecule has 0 aliphatic carbocycles. The van der Waals surface area contributed by atoms with Gasteiger partial charge in [-0.3, -0.25) is 0 Å². The molecule has 2 rings (SSSR count). The van der Waals surface area contributed by atoms with Crippen LogP contribution in [0.2, 0.25) is 0 Å². The van der Waals surface area contributed by atoms with Crippen molar-refractivity contribution in [3.05, 3.63) is 41.7 Å². The van der Waals surface area contributed by atoms with Crippen molar-refractivity contribution in [3.8, 4) is 5.75 Å². The lowest BCUT2D eigenvalue weighted by atomic mass is 10.1. The second kappa shape index (κ2) is 5.35.